The van der Waals surface area contributed by atoms with Crippen LogP contribution in [0.5, 0.6) is 5.75 Å². The summed E-state index contributed by atoms with van der Waals surface area (Å²) in [7, 11) is -3.79. The molecule has 1 aliphatic carbocycles. The van der Waals surface area contributed by atoms with Crippen LogP contribution in [-0.2, 0) is 14.8 Å². The Balaban J connectivity index is 1.55. The number of carbonyl (C=O) groups excluding carboxylic acids is 1. The van der Waals surface area contributed by atoms with Crippen molar-refractivity contribution in [2.75, 3.05) is 19.7 Å². The van der Waals surface area contributed by atoms with Crippen molar-refractivity contribution < 1.29 is 17.9 Å². The Labute approximate surface area is 208 Å². The zero-order chi connectivity index (χ0) is 25.3. The van der Waals surface area contributed by atoms with Gasteiger partial charge in [0, 0.05) is 25.4 Å². The minimum absolute atomic E-state index is 0.0947. The molecule has 192 valence electrons. The summed E-state index contributed by atoms with van der Waals surface area (Å²) in [6.45, 7) is 2.90. The first-order valence-electron chi connectivity index (χ1n) is 12.5. The van der Waals surface area contributed by atoms with Gasteiger partial charge >= 0.3 is 0 Å². The van der Waals surface area contributed by atoms with Gasteiger partial charge in [0.15, 0.2) is 11.6 Å². The normalized spacial score (nSPS) is 18.1. The fraction of sp³-hybridized carbons (Fsp3) is 0.542. The number of nitrogens with one attached hydrogen (secondary N) is 1. The van der Waals surface area contributed by atoms with Crippen molar-refractivity contribution in [2.45, 2.75) is 62.7 Å². The number of H-pyrrole nitrogens is 1. The molecule has 2 aliphatic rings. The van der Waals surface area contributed by atoms with Crippen LogP contribution in [0.25, 0.3) is 17.0 Å². The molecule has 1 saturated heterocycles. The predicted molar refractivity (Wildman–Crippen MR) is 131 cm³/mol. The van der Waals surface area contributed by atoms with Gasteiger partial charge in [-0.15, -0.1) is 15.3 Å². The van der Waals surface area contributed by atoms with Crippen LogP contribution in [0.3, 0.4) is 0 Å². The summed E-state index contributed by atoms with van der Waals surface area (Å²) in [6, 6.07) is 4.61. The summed E-state index contributed by atoms with van der Waals surface area (Å²) in [6.07, 6.45) is 6.75. The Hall–Kier alpha value is -3.12. The molecule has 0 radical (unpaired) electrons. The molecule has 36 heavy (non-hydrogen) atoms. The van der Waals surface area contributed by atoms with E-state index in [9.17, 15) is 18.0 Å². The van der Waals surface area contributed by atoms with Gasteiger partial charge in [0.05, 0.1) is 17.1 Å². The van der Waals surface area contributed by atoms with Gasteiger partial charge in [0.2, 0.25) is 15.7 Å². The Morgan fingerprint density at radius 2 is 1.89 bits per heavy atom. The van der Waals surface area contributed by atoms with E-state index in [0.717, 1.165) is 32.0 Å². The molecule has 0 unspecified atom stereocenters. The lowest BCUT2D eigenvalue weighted by atomic mass is 9.95. The van der Waals surface area contributed by atoms with Crippen LogP contribution in [-0.4, -0.2) is 63.5 Å². The van der Waals surface area contributed by atoms with E-state index in [1.54, 1.807) is 6.07 Å². The molecule has 3 aromatic rings. The number of rotatable bonds is 8. The number of hydrogen-bond donors (Lipinski definition) is 1. The highest BCUT2D eigenvalue weighted by atomic mass is 32.2. The molecule has 2 fully saturated rings. The van der Waals surface area contributed by atoms with E-state index in [-0.39, 0.29) is 28.2 Å². The second-order valence-corrected chi connectivity index (χ2v) is 11.4. The zero-order valence-electron chi connectivity index (χ0n) is 20.2. The first kappa shape index (κ1) is 24.6. The maximum Gasteiger partial charge on any atom is 0.296 e. The summed E-state index contributed by atoms with van der Waals surface area (Å²) in [5.41, 5.74) is 0.0316. The number of nitrogens with zero attached hydrogens (tertiary/aromatic N) is 5. The van der Waals surface area contributed by atoms with Gasteiger partial charge in [-0.3, -0.25) is 4.79 Å². The number of fused-ring (bicyclic) bond motifs is 1. The first-order chi connectivity index (χ1) is 17.4. The van der Waals surface area contributed by atoms with Gasteiger partial charge in [0.1, 0.15) is 12.0 Å². The lowest BCUT2D eigenvalue weighted by Crippen LogP contribution is -2.38. The van der Waals surface area contributed by atoms with Crippen LogP contribution in [0.2, 0.25) is 0 Å². The molecule has 11 nitrogen and oxygen atoms in total. The molecule has 1 aliphatic heterocycles. The molecule has 12 heteroatoms. The van der Waals surface area contributed by atoms with Gasteiger partial charge in [-0.25, -0.2) is 8.42 Å². The molecule has 2 aromatic heterocycles. The van der Waals surface area contributed by atoms with E-state index < -0.39 is 15.6 Å². The van der Waals surface area contributed by atoms with Crippen LogP contribution < -0.4 is 10.3 Å². The number of sulfonamides is 1. The number of aldehydes is 1. The smallest absolute Gasteiger partial charge is 0.296 e. The van der Waals surface area contributed by atoms with Crippen LogP contribution in [0, 0.1) is 5.92 Å². The van der Waals surface area contributed by atoms with Crippen molar-refractivity contribution in [1.82, 2.24) is 29.1 Å². The van der Waals surface area contributed by atoms with Crippen molar-refractivity contribution in [3.63, 3.8) is 0 Å². The first-order valence-corrected chi connectivity index (χ1v) is 13.9. The number of hydrogen-bond acceptors (Lipinski definition) is 8. The molecular weight excluding hydrogens is 484 g/mol. The van der Waals surface area contributed by atoms with E-state index in [0.29, 0.717) is 56.1 Å². The van der Waals surface area contributed by atoms with Crippen molar-refractivity contribution in [3.8, 4) is 17.1 Å². The third-order valence-corrected chi connectivity index (χ3v) is 9.06. The quantitative estimate of drug-likeness (QED) is 0.452. The molecule has 0 bridgehead atoms. The predicted octanol–water partition coefficient (Wildman–Crippen LogP) is 2.53. The number of ether oxygens (including phenoxy) is 1. The molecule has 1 N–H and O–H groups in total. The second-order valence-electron chi connectivity index (χ2n) is 9.42. The minimum Gasteiger partial charge on any atom is -0.493 e. The van der Waals surface area contributed by atoms with Crippen LogP contribution >= 0.6 is 0 Å². The van der Waals surface area contributed by atoms with E-state index in [1.807, 2.05) is 6.92 Å². The largest absolute Gasteiger partial charge is 0.493 e. The number of aromatic amines is 1. The van der Waals surface area contributed by atoms with Gasteiger partial charge in [-0.05, 0) is 56.7 Å². The average molecular weight is 515 g/mol. The Kier molecular flexibility index (Phi) is 6.89. The number of benzene rings is 1. The van der Waals surface area contributed by atoms with Crippen LogP contribution in [0.15, 0.2) is 27.9 Å². The summed E-state index contributed by atoms with van der Waals surface area (Å²) in [5.74, 6) is 1.65. The van der Waals surface area contributed by atoms with Crippen molar-refractivity contribution >= 4 is 22.0 Å². The summed E-state index contributed by atoms with van der Waals surface area (Å²) in [4.78, 5) is 26.5. The van der Waals surface area contributed by atoms with Crippen molar-refractivity contribution in [2.24, 2.45) is 5.92 Å². The van der Waals surface area contributed by atoms with Crippen molar-refractivity contribution in [3.05, 3.63) is 34.4 Å². The molecule has 5 rings (SSSR count). The molecule has 1 aromatic carbocycles. The monoisotopic (exact) mass is 514 g/mol. The van der Waals surface area contributed by atoms with Gasteiger partial charge in [-0.2, -0.15) is 8.82 Å². The molecule has 0 amide bonds. The van der Waals surface area contributed by atoms with Crippen LogP contribution in [0.1, 0.15) is 63.6 Å². The lowest BCUT2D eigenvalue weighted by molar-refractivity contribution is -0.108. The Bertz CT molecular complexity index is 1420. The van der Waals surface area contributed by atoms with E-state index in [4.69, 9.17) is 4.74 Å². The molecule has 1 saturated carbocycles. The number of piperidine rings is 1. The van der Waals surface area contributed by atoms with Gasteiger partial charge in [-0.1, -0.05) is 12.8 Å². The third kappa shape index (κ3) is 4.55. The number of carbonyl (C=O) groups is 1. The van der Waals surface area contributed by atoms with E-state index in [1.165, 1.54) is 21.0 Å². The molecular formula is C24H30N6O5S. The molecule has 0 spiro atoms. The fourth-order valence-electron chi connectivity index (χ4n) is 5.19. The summed E-state index contributed by atoms with van der Waals surface area (Å²) < 4.78 is 35.6. The van der Waals surface area contributed by atoms with E-state index in [2.05, 4.69) is 20.3 Å². The summed E-state index contributed by atoms with van der Waals surface area (Å²) in [5, 5.41) is 12.9. The second kappa shape index (κ2) is 10.1. The standard InChI is InChI=1S/C24H30N6O5S/c1-2-35-20-8-7-18(36(33,34)29-12-9-16(10-13-29)11-14-31)15-19(20)21-25-24(32)23-27-26-22(30(23)28-21)17-5-3-4-6-17/h7-8,14-17H,2-6,9-13H2,1H3,(H,25,28,32). The minimum atomic E-state index is -3.79. The Morgan fingerprint density at radius 3 is 2.58 bits per heavy atom. The molecule has 0 atom stereocenters. The van der Waals surface area contributed by atoms with Gasteiger partial charge < -0.3 is 14.5 Å². The van der Waals surface area contributed by atoms with Gasteiger partial charge in [0.25, 0.3) is 5.56 Å². The molecule has 3 heterocycles. The third-order valence-electron chi connectivity index (χ3n) is 7.17. The lowest BCUT2D eigenvalue weighted by Gasteiger charge is -2.30. The highest BCUT2D eigenvalue weighted by Crippen LogP contribution is 2.34. The number of aromatic nitrogens is 5. The zero-order valence-corrected chi connectivity index (χ0v) is 21.0. The highest BCUT2D eigenvalue weighted by Gasteiger charge is 2.31. The highest BCUT2D eigenvalue weighted by molar-refractivity contribution is 7.89. The van der Waals surface area contributed by atoms with E-state index >= 15 is 0 Å². The summed E-state index contributed by atoms with van der Waals surface area (Å²) >= 11 is 0. The van der Waals surface area contributed by atoms with Crippen molar-refractivity contribution in [1.29, 1.82) is 0 Å². The van der Waals surface area contributed by atoms with Crippen LogP contribution in [0.4, 0.5) is 0 Å². The average Bonchev–Trinajstić information content (AvgIpc) is 3.55. The fourth-order valence-corrected chi connectivity index (χ4v) is 6.68. The maximum absolute atomic E-state index is 13.5. The SMILES string of the molecule is CCOc1ccc(S(=O)(=O)N2CCC(CC=O)CC2)cc1-c1nn2c(C3CCCC3)nnc2c(=O)[nH]1. The topological polar surface area (TPSA) is 140 Å². The maximum atomic E-state index is 13.5. The Morgan fingerprint density at radius 1 is 1.14 bits per heavy atom.